The minimum Gasteiger partial charge on any atom is -0.367 e. The Kier molecular flexibility index (Phi) is 5.50. The average molecular weight is 368 g/mol. The van der Waals surface area contributed by atoms with Crippen molar-refractivity contribution in [2.45, 2.75) is 31.6 Å². The predicted molar refractivity (Wildman–Crippen MR) is 88.6 cm³/mol. The van der Waals surface area contributed by atoms with E-state index in [1.165, 1.54) is 6.20 Å². The van der Waals surface area contributed by atoms with Crippen molar-refractivity contribution in [3.63, 3.8) is 0 Å². The molecule has 0 unspecified atom stereocenters. The van der Waals surface area contributed by atoms with Crippen molar-refractivity contribution in [1.29, 1.82) is 0 Å². The minimum absolute atomic E-state index is 0.0587. The van der Waals surface area contributed by atoms with Gasteiger partial charge in [0, 0.05) is 50.7 Å². The summed E-state index contributed by atoms with van der Waals surface area (Å²) in [5.74, 6) is 0.188. The molecular weight excluding hydrogens is 349 g/mol. The fraction of sp³-hybridized carbons (Fsp3) is 0.500. The second-order valence-electron chi connectivity index (χ2n) is 6.14. The molecule has 7 nitrogen and oxygen atoms in total. The second kappa shape index (κ2) is 7.81. The molecule has 0 bridgehead atoms. The van der Waals surface area contributed by atoms with Gasteiger partial charge in [0.1, 0.15) is 17.8 Å². The van der Waals surface area contributed by atoms with Gasteiger partial charge in [-0.3, -0.25) is 4.57 Å². The van der Waals surface area contributed by atoms with E-state index in [2.05, 4.69) is 25.2 Å². The van der Waals surface area contributed by atoms with Gasteiger partial charge in [-0.1, -0.05) is 0 Å². The van der Waals surface area contributed by atoms with Crippen LogP contribution in [0.5, 0.6) is 0 Å². The van der Waals surface area contributed by atoms with Crippen molar-refractivity contribution in [1.82, 2.24) is 24.4 Å². The van der Waals surface area contributed by atoms with Crippen LogP contribution in [0, 0.1) is 0 Å². The lowest BCUT2D eigenvalue weighted by Gasteiger charge is -2.32. The molecule has 2 aromatic rings. The zero-order valence-electron chi connectivity index (χ0n) is 14.0. The topological polar surface area (TPSA) is 75.9 Å². The molecule has 0 aromatic carbocycles. The van der Waals surface area contributed by atoms with E-state index in [1.807, 2.05) is 0 Å². The Morgan fingerprint density at radius 2 is 1.92 bits per heavy atom. The summed E-state index contributed by atoms with van der Waals surface area (Å²) >= 11 is 0. The van der Waals surface area contributed by atoms with Gasteiger partial charge in [-0.25, -0.2) is 19.7 Å². The van der Waals surface area contributed by atoms with E-state index in [4.69, 9.17) is 0 Å². The first kappa shape index (κ1) is 18.3. The lowest BCUT2D eigenvalue weighted by atomic mass is 10.1. The molecule has 0 aliphatic carbocycles. The molecule has 3 rings (SSSR count). The van der Waals surface area contributed by atoms with Crippen LogP contribution in [-0.2, 0) is 12.7 Å². The third-order valence-corrected chi connectivity index (χ3v) is 4.34. The van der Waals surface area contributed by atoms with Crippen LogP contribution in [0.3, 0.4) is 0 Å². The molecule has 0 atom stereocenters. The van der Waals surface area contributed by atoms with Crippen molar-refractivity contribution < 1.29 is 13.2 Å². The van der Waals surface area contributed by atoms with Crippen molar-refractivity contribution in [2.75, 3.05) is 25.0 Å². The quantitative estimate of drug-likeness (QED) is 0.865. The fourth-order valence-corrected chi connectivity index (χ4v) is 2.91. The van der Waals surface area contributed by atoms with Crippen LogP contribution in [0.15, 0.2) is 35.6 Å². The van der Waals surface area contributed by atoms with Gasteiger partial charge in [-0.2, -0.15) is 13.2 Å². The van der Waals surface area contributed by atoms with Gasteiger partial charge < -0.3 is 10.2 Å². The highest BCUT2D eigenvalue weighted by atomic mass is 19.4. The first-order valence-corrected chi connectivity index (χ1v) is 8.31. The van der Waals surface area contributed by atoms with Crippen LogP contribution in [0.4, 0.5) is 19.0 Å². The van der Waals surface area contributed by atoms with Gasteiger partial charge in [0.25, 0.3) is 0 Å². The molecule has 1 saturated heterocycles. The summed E-state index contributed by atoms with van der Waals surface area (Å²) in [5.41, 5.74) is -1.22. The SMILES string of the molecule is O=c1ncccn1CCN1CCC(Nc2cc(C(F)(F)F)ncn2)CC1. The monoisotopic (exact) mass is 368 g/mol. The number of hydrogen-bond acceptors (Lipinski definition) is 6. The summed E-state index contributed by atoms with van der Waals surface area (Å²) in [6.45, 7) is 2.88. The average Bonchev–Trinajstić information content (AvgIpc) is 2.62. The summed E-state index contributed by atoms with van der Waals surface area (Å²) in [4.78, 5) is 24.6. The molecule has 0 amide bonds. The van der Waals surface area contributed by atoms with E-state index < -0.39 is 11.9 Å². The van der Waals surface area contributed by atoms with Gasteiger partial charge in [0.05, 0.1) is 0 Å². The summed E-state index contributed by atoms with van der Waals surface area (Å²) < 4.78 is 39.7. The van der Waals surface area contributed by atoms with Gasteiger partial charge in [0.2, 0.25) is 0 Å². The summed E-state index contributed by atoms with van der Waals surface area (Å²) in [5, 5.41) is 3.05. The normalized spacial score (nSPS) is 16.6. The largest absolute Gasteiger partial charge is 0.433 e. The van der Waals surface area contributed by atoms with Crippen molar-refractivity contribution in [3.05, 3.63) is 47.0 Å². The van der Waals surface area contributed by atoms with Gasteiger partial charge >= 0.3 is 11.9 Å². The Morgan fingerprint density at radius 1 is 1.15 bits per heavy atom. The molecule has 0 spiro atoms. The molecule has 10 heteroatoms. The third kappa shape index (κ3) is 4.78. The first-order valence-electron chi connectivity index (χ1n) is 8.31. The van der Waals surface area contributed by atoms with Gasteiger partial charge in [-0.15, -0.1) is 0 Å². The van der Waals surface area contributed by atoms with E-state index in [1.54, 1.807) is 16.8 Å². The van der Waals surface area contributed by atoms with Gasteiger partial charge in [-0.05, 0) is 18.9 Å². The Bertz CT molecular complexity index is 786. The molecule has 1 aliphatic rings. The number of halogens is 3. The Hall–Kier alpha value is -2.49. The van der Waals surface area contributed by atoms with E-state index in [9.17, 15) is 18.0 Å². The number of aromatic nitrogens is 4. The first-order chi connectivity index (χ1) is 12.4. The van der Waals surface area contributed by atoms with E-state index in [0.29, 0.717) is 6.54 Å². The van der Waals surface area contributed by atoms with Crippen LogP contribution < -0.4 is 11.0 Å². The number of alkyl halides is 3. The smallest absolute Gasteiger partial charge is 0.367 e. The van der Waals surface area contributed by atoms with Crippen molar-refractivity contribution in [2.24, 2.45) is 0 Å². The summed E-state index contributed by atoms with van der Waals surface area (Å²) in [6.07, 6.45) is 1.18. The molecule has 2 aromatic heterocycles. The molecule has 26 heavy (non-hydrogen) atoms. The molecule has 1 fully saturated rings. The van der Waals surface area contributed by atoms with Crippen LogP contribution in [0.25, 0.3) is 0 Å². The maximum atomic E-state index is 12.7. The molecule has 0 saturated carbocycles. The zero-order valence-corrected chi connectivity index (χ0v) is 14.0. The zero-order chi connectivity index (χ0) is 18.6. The lowest BCUT2D eigenvalue weighted by Crippen LogP contribution is -2.41. The maximum Gasteiger partial charge on any atom is 0.433 e. The molecule has 140 valence electrons. The number of hydrogen-bond donors (Lipinski definition) is 1. The molecular formula is C16H19F3N6O. The number of likely N-dealkylation sites (tertiary alicyclic amines) is 1. The Morgan fingerprint density at radius 3 is 2.62 bits per heavy atom. The maximum absolute atomic E-state index is 12.7. The van der Waals surface area contributed by atoms with Crippen molar-refractivity contribution in [3.8, 4) is 0 Å². The predicted octanol–water partition coefficient (Wildman–Crippen LogP) is 1.63. The minimum atomic E-state index is -4.48. The molecule has 1 N–H and O–H groups in total. The fourth-order valence-electron chi connectivity index (χ4n) is 2.91. The molecule has 0 radical (unpaired) electrons. The highest BCUT2D eigenvalue weighted by Crippen LogP contribution is 2.28. The van der Waals surface area contributed by atoms with Crippen molar-refractivity contribution >= 4 is 5.82 Å². The number of anilines is 1. The molecule has 1 aliphatic heterocycles. The number of rotatable bonds is 5. The highest BCUT2D eigenvalue weighted by Gasteiger charge is 2.33. The van der Waals surface area contributed by atoms with Crippen LogP contribution in [-0.4, -0.2) is 50.1 Å². The Balaban J connectivity index is 1.48. The van der Waals surface area contributed by atoms with Crippen LogP contribution >= 0.6 is 0 Å². The molecule has 3 heterocycles. The standard InChI is InChI=1S/C16H19F3N6O/c17-16(18,19)13-10-14(22-11-21-13)23-12-2-6-24(7-3-12)8-9-25-5-1-4-20-15(25)26/h1,4-5,10-12H,2-3,6-9H2,(H,21,22,23). The number of piperidine rings is 1. The van der Waals surface area contributed by atoms with Gasteiger partial charge in [0.15, 0.2) is 0 Å². The lowest BCUT2D eigenvalue weighted by molar-refractivity contribution is -0.141. The number of nitrogens with zero attached hydrogens (tertiary/aromatic N) is 5. The van der Waals surface area contributed by atoms with E-state index >= 15 is 0 Å². The number of nitrogens with one attached hydrogen (secondary N) is 1. The Labute approximate surface area is 147 Å². The summed E-state index contributed by atoms with van der Waals surface area (Å²) in [6, 6.07) is 2.71. The van der Waals surface area contributed by atoms with Crippen LogP contribution in [0.2, 0.25) is 0 Å². The highest BCUT2D eigenvalue weighted by molar-refractivity contribution is 5.36. The van der Waals surface area contributed by atoms with E-state index in [0.717, 1.165) is 44.9 Å². The third-order valence-electron chi connectivity index (χ3n) is 4.34. The summed E-state index contributed by atoms with van der Waals surface area (Å²) in [7, 11) is 0. The van der Waals surface area contributed by atoms with E-state index in [-0.39, 0.29) is 17.5 Å². The second-order valence-corrected chi connectivity index (χ2v) is 6.14. The van der Waals surface area contributed by atoms with Crippen LogP contribution in [0.1, 0.15) is 18.5 Å².